The molecular formula is C16H37P2S2+. The van der Waals surface area contributed by atoms with Crippen molar-refractivity contribution in [2.45, 2.75) is 76.9 Å². The first-order valence-corrected chi connectivity index (χ1v) is 13.6. The van der Waals surface area contributed by atoms with Crippen LogP contribution in [0, 0.1) is 5.41 Å². The second-order valence-corrected chi connectivity index (χ2v) is 20.9. The van der Waals surface area contributed by atoms with Crippen LogP contribution in [0.4, 0.5) is 0 Å². The van der Waals surface area contributed by atoms with E-state index in [-0.39, 0.29) is 0 Å². The van der Waals surface area contributed by atoms with Gasteiger partial charge in [-0.2, -0.15) is 0 Å². The van der Waals surface area contributed by atoms with Gasteiger partial charge < -0.3 is 0 Å². The third kappa shape index (κ3) is 4.10. The van der Waals surface area contributed by atoms with E-state index in [4.69, 9.17) is 0 Å². The van der Waals surface area contributed by atoms with Gasteiger partial charge in [0.25, 0.3) is 0 Å². The summed E-state index contributed by atoms with van der Waals surface area (Å²) in [5.74, 6) is 0. The van der Waals surface area contributed by atoms with Crippen LogP contribution in [-0.4, -0.2) is 33.7 Å². The van der Waals surface area contributed by atoms with E-state index in [1.54, 1.807) is 0 Å². The number of hydrogen-bond donors (Lipinski definition) is 0. The Hall–Kier alpha value is 1.56. The Morgan fingerprint density at radius 3 is 1.35 bits per heavy atom. The van der Waals surface area contributed by atoms with Gasteiger partial charge in [-0.3, -0.25) is 0 Å². The minimum atomic E-state index is -1.20. The molecule has 0 radical (unpaired) electrons. The highest BCUT2D eigenvalue weighted by Gasteiger charge is 2.67. The summed E-state index contributed by atoms with van der Waals surface area (Å²) in [6.07, 6.45) is 4.70. The Morgan fingerprint density at radius 1 is 0.800 bits per heavy atom. The number of thioether (sulfide) groups is 1. The lowest BCUT2D eigenvalue weighted by Gasteiger charge is -2.55. The van der Waals surface area contributed by atoms with Crippen LogP contribution in [0.3, 0.4) is 0 Å². The molecule has 3 unspecified atom stereocenters. The predicted octanol–water partition coefficient (Wildman–Crippen LogP) is 7.25. The highest BCUT2D eigenvalue weighted by Crippen LogP contribution is 2.92. The van der Waals surface area contributed by atoms with Gasteiger partial charge in [0, 0.05) is 23.1 Å². The topological polar surface area (TPSA) is 0 Å². The summed E-state index contributed by atoms with van der Waals surface area (Å²) >= 11 is 4.33. The Labute approximate surface area is 139 Å². The van der Waals surface area contributed by atoms with Crippen LogP contribution in [0.2, 0.25) is 0 Å². The predicted molar refractivity (Wildman–Crippen MR) is 110 cm³/mol. The van der Waals surface area contributed by atoms with Crippen LogP contribution < -0.4 is 0 Å². The maximum absolute atomic E-state index is 2.61. The zero-order chi connectivity index (χ0) is 16.6. The quantitative estimate of drug-likeness (QED) is 0.487. The summed E-state index contributed by atoms with van der Waals surface area (Å²) in [6.45, 7) is 23.4. The highest BCUT2D eigenvalue weighted by atomic mass is 32.7. The van der Waals surface area contributed by atoms with Gasteiger partial charge in [-0.25, -0.2) is 0 Å². The molecule has 0 bridgehead atoms. The molecule has 0 saturated heterocycles. The molecule has 20 heavy (non-hydrogen) atoms. The monoisotopic (exact) mass is 355 g/mol. The Balaban J connectivity index is 6.25. The lowest BCUT2D eigenvalue weighted by Crippen LogP contribution is -2.44. The van der Waals surface area contributed by atoms with Gasteiger partial charge in [0.1, 0.15) is 0 Å². The molecule has 0 nitrogen and oxygen atoms in total. The van der Waals surface area contributed by atoms with Crippen molar-refractivity contribution in [3.63, 3.8) is 0 Å². The molecule has 0 amide bonds. The molecule has 0 saturated carbocycles. The van der Waals surface area contributed by atoms with Crippen molar-refractivity contribution in [2.75, 3.05) is 19.2 Å². The Bertz CT molecular complexity index is 323. The van der Waals surface area contributed by atoms with E-state index in [1.165, 1.54) is 0 Å². The van der Waals surface area contributed by atoms with Gasteiger partial charge in [0.15, 0.2) is 4.23 Å². The Morgan fingerprint density at radius 2 is 1.20 bits per heavy atom. The third-order valence-corrected chi connectivity index (χ3v) is 22.0. The van der Waals surface area contributed by atoms with Crippen molar-refractivity contribution in [1.82, 2.24) is 0 Å². The van der Waals surface area contributed by atoms with Gasteiger partial charge >= 0.3 is 0 Å². The van der Waals surface area contributed by atoms with Gasteiger partial charge in [0.05, 0.1) is 18.3 Å². The summed E-state index contributed by atoms with van der Waals surface area (Å²) in [6, 6.07) is 0. The van der Waals surface area contributed by atoms with E-state index >= 15 is 0 Å². The number of hydrogen-bond acceptors (Lipinski definition) is 2. The van der Waals surface area contributed by atoms with Crippen LogP contribution >= 0.6 is 38.2 Å². The van der Waals surface area contributed by atoms with Crippen molar-refractivity contribution < 1.29 is 0 Å². The molecule has 0 heterocycles. The fourth-order valence-corrected chi connectivity index (χ4v) is 20.1. The first-order chi connectivity index (χ1) is 8.58. The van der Waals surface area contributed by atoms with Crippen LogP contribution in [0.5, 0.6) is 0 Å². The molecular weight excluding hydrogens is 318 g/mol. The molecule has 122 valence electrons. The van der Waals surface area contributed by atoms with E-state index in [9.17, 15) is 0 Å². The first-order valence-electron chi connectivity index (χ1n) is 7.35. The van der Waals surface area contributed by atoms with Crippen LogP contribution in [0.1, 0.15) is 62.3 Å². The molecule has 0 aliphatic heterocycles. The summed E-state index contributed by atoms with van der Waals surface area (Å²) in [5, 5.41) is 0.763. The van der Waals surface area contributed by atoms with Gasteiger partial charge in [-0.15, -0.1) is 11.8 Å². The average Bonchev–Trinajstić information content (AvgIpc) is 2.19. The van der Waals surface area contributed by atoms with Gasteiger partial charge in [-0.05, 0) is 32.2 Å². The largest absolute Gasteiger partial charge is 0.154 e. The lowest BCUT2D eigenvalue weighted by molar-refractivity contribution is 0.425. The van der Waals surface area contributed by atoms with Crippen LogP contribution in [0.25, 0.3) is 0 Å². The summed E-state index contributed by atoms with van der Waals surface area (Å²) in [4.78, 5) is 0. The zero-order valence-electron chi connectivity index (χ0n) is 15.8. The maximum Gasteiger partial charge on any atom is 0.154 e. The zero-order valence-corrected chi connectivity index (χ0v) is 19.3. The average molecular weight is 356 g/mol. The SMILES string of the molecule is CSC(PC(C)(C)C)(C(C)(C)C)[P+](C)(SC)C(C)(C)C. The standard InChI is InChI=1S/C16H37P2S2/c1-13(2,3)16(19-11,17-14(4,5)6)18(10,20-12)15(7,8)9/h17H,1-12H3/q+1. The van der Waals surface area contributed by atoms with E-state index in [2.05, 4.69) is 105 Å². The minimum Gasteiger partial charge on any atom is -0.113 e. The van der Waals surface area contributed by atoms with Crippen LogP contribution in [-0.2, 0) is 0 Å². The molecule has 0 aliphatic rings. The maximum atomic E-state index is 2.61. The van der Waals surface area contributed by atoms with Gasteiger partial charge in [0.2, 0.25) is 0 Å². The third-order valence-electron chi connectivity index (χ3n) is 4.10. The molecule has 0 aromatic heterocycles. The second-order valence-electron chi connectivity index (χ2n) is 8.75. The van der Waals surface area contributed by atoms with Crippen molar-refractivity contribution in [2.24, 2.45) is 5.41 Å². The van der Waals surface area contributed by atoms with E-state index < -0.39 is 6.46 Å². The minimum absolute atomic E-state index is 0.316. The molecule has 0 aliphatic carbocycles. The van der Waals surface area contributed by atoms with Gasteiger partial charge in [-0.1, -0.05) is 50.1 Å². The smallest absolute Gasteiger partial charge is 0.113 e. The molecule has 0 aromatic rings. The first kappa shape index (κ1) is 21.6. The highest BCUT2D eigenvalue weighted by molar-refractivity contribution is 8.65. The molecule has 4 heteroatoms. The fourth-order valence-electron chi connectivity index (χ4n) is 2.85. The van der Waals surface area contributed by atoms with E-state index in [0.717, 1.165) is 8.58 Å². The summed E-state index contributed by atoms with van der Waals surface area (Å²) in [7, 11) is 0.978. The van der Waals surface area contributed by atoms with E-state index in [0.29, 0.717) is 20.0 Å². The van der Waals surface area contributed by atoms with E-state index in [1.807, 2.05) is 0 Å². The van der Waals surface area contributed by atoms with Crippen LogP contribution in [0.15, 0.2) is 0 Å². The number of rotatable bonds is 4. The normalized spacial score (nSPS) is 21.0. The van der Waals surface area contributed by atoms with Crippen molar-refractivity contribution in [3.05, 3.63) is 0 Å². The molecule has 0 aromatic carbocycles. The molecule has 0 N–H and O–H groups in total. The second kappa shape index (κ2) is 6.59. The molecule has 0 fully saturated rings. The lowest BCUT2D eigenvalue weighted by atomic mass is 9.99. The Kier molecular flexibility index (Phi) is 7.10. The van der Waals surface area contributed by atoms with Crippen molar-refractivity contribution >= 4 is 38.2 Å². The molecule has 0 spiro atoms. The molecule has 3 atom stereocenters. The summed E-state index contributed by atoms with van der Waals surface area (Å²) < 4.78 is 0.371. The fraction of sp³-hybridized carbons (Fsp3) is 1.00. The summed E-state index contributed by atoms with van der Waals surface area (Å²) in [5.41, 5.74) is 0.316. The molecule has 0 rings (SSSR count). The van der Waals surface area contributed by atoms with Crippen molar-refractivity contribution in [3.8, 4) is 0 Å². The van der Waals surface area contributed by atoms with Crippen molar-refractivity contribution in [1.29, 1.82) is 0 Å².